The highest BCUT2D eigenvalue weighted by Gasteiger charge is 2.24. The third kappa shape index (κ3) is 5.75. The molecule has 1 N–H and O–H groups in total. The highest BCUT2D eigenvalue weighted by molar-refractivity contribution is 14.0. The van der Waals surface area contributed by atoms with Gasteiger partial charge in [-0.2, -0.15) is 5.10 Å². The molecule has 0 aromatic carbocycles. The van der Waals surface area contributed by atoms with Gasteiger partial charge in [0.05, 0.1) is 12.8 Å². The first-order valence-electron chi connectivity index (χ1n) is 7.66. The Morgan fingerprint density at radius 2 is 2.36 bits per heavy atom. The second-order valence-electron chi connectivity index (χ2n) is 5.66. The molecule has 1 unspecified atom stereocenters. The van der Waals surface area contributed by atoms with Crippen molar-refractivity contribution in [3.63, 3.8) is 0 Å². The van der Waals surface area contributed by atoms with E-state index in [9.17, 15) is 0 Å². The van der Waals surface area contributed by atoms with E-state index >= 15 is 0 Å². The number of aryl methyl sites for hydroxylation is 2. The first kappa shape index (κ1) is 19.2. The molecule has 1 atom stereocenters. The van der Waals surface area contributed by atoms with Crippen LogP contribution in [0.5, 0.6) is 0 Å². The molecule has 1 aliphatic rings. The van der Waals surface area contributed by atoms with Crippen LogP contribution in [0.15, 0.2) is 17.4 Å². The first-order valence-corrected chi connectivity index (χ1v) is 7.66. The van der Waals surface area contributed by atoms with E-state index in [2.05, 4.69) is 33.4 Å². The number of rotatable bonds is 6. The van der Waals surface area contributed by atoms with Gasteiger partial charge in [0.25, 0.3) is 0 Å². The number of nitrogens with one attached hydrogen (secondary N) is 1. The number of likely N-dealkylation sites (tertiary alicyclic amines) is 1. The van der Waals surface area contributed by atoms with E-state index in [1.54, 1.807) is 7.11 Å². The molecule has 1 saturated heterocycles. The number of aliphatic imine (C=N–C) groups is 1. The second kappa shape index (κ2) is 10.0. The lowest BCUT2D eigenvalue weighted by molar-refractivity contribution is 0.157. The first-order chi connectivity index (χ1) is 10.2. The predicted octanol–water partition coefficient (Wildman–Crippen LogP) is 1.74. The zero-order valence-electron chi connectivity index (χ0n) is 13.8. The van der Waals surface area contributed by atoms with Crippen LogP contribution in [-0.2, 0) is 11.3 Å². The van der Waals surface area contributed by atoms with Crippen LogP contribution < -0.4 is 5.32 Å². The molecule has 0 bridgehead atoms. The monoisotopic (exact) mass is 421 g/mol. The summed E-state index contributed by atoms with van der Waals surface area (Å²) in [4.78, 5) is 6.70. The average Bonchev–Trinajstić information content (AvgIpc) is 3.09. The summed E-state index contributed by atoms with van der Waals surface area (Å²) >= 11 is 0. The van der Waals surface area contributed by atoms with Gasteiger partial charge in [0.15, 0.2) is 5.96 Å². The van der Waals surface area contributed by atoms with Crippen LogP contribution in [0.1, 0.15) is 18.4 Å². The molecule has 7 heteroatoms. The maximum absolute atomic E-state index is 5.24. The van der Waals surface area contributed by atoms with Gasteiger partial charge in [0, 0.05) is 52.5 Å². The largest absolute Gasteiger partial charge is 0.384 e. The molecular formula is C15H28IN5O. The number of ether oxygens (including phenoxy) is 1. The maximum atomic E-state index is 5.24. The van der Waals surface area contributed by atoms with Gasteiger partial charge in [-0.05, 0) is 25.3 Å². The summed E-state index contributed by atoms with van der Waals surface area (Å²) in [6.07, 6.45) is 6.19. The third-order valence-corrected chi connectivity index (χ3v) is 3.81. The number of hydrogen-bond donors (Lipinski definition) is 1. The maximum Gasteiger partial charge on any atom is 0.193 e. The third-order valence-electron chi connectivity index (χ3n) is 3.81. The summed E-state index contributed by atoms with van der Waals surface area (Å²) in [7, 11) is 3.62. The summed E-state index contributed by atoms with van der Waals surface area (Å²) in [6.45, 7) is 6.85. The molecule has 22 heavy (non-hydrogen) atoms. The van der Waals surface area contributed by atoms with Crippen molar-refractivity contribution in [1.29, 1.82) is 0 Å². The molecule has 126 valence electrons. The van der Waals surface area contributed by atoms with Crippen molar-refractivity contribution >= 4 is 29.9 Å². The van der Waals surface area contributed by atoms with Gasteiger partial charge in [-0.25, -0.2) is 0 Å². The van der Waals surface area contributed by atoms with Crippen LogP contribution >= 0.6 is 24.0 Å². The lowest BCUT2D eigenvalue weighted by atomic mass is 10.1. The number of halogens is 1. The molecule has 2 heterocycles. The van der Waals surface area contributed by atoms with Crippen molar-refractivity contribution in [2.24, 2.45) is 10.9 Å². The average molecular weight is 421 g/mol. The number of aromatic nitrogens is 2. The Kier molecular flexibility index (Phi) is 8.77. The summed E-state index contributed by atoms with van der Waals surface area (Å²) in [6, 6.07) is 0. The molecule has 0 radical (unpaired) electrons. The minimum absolute atomic E-state index is 0. The highest BCUT2D eigenvalue weighted by Crippen LogP contribution is 2.16. The van der Waals surface area contributed by atoms with E-state index in [1.807, 2.05) is 17.9 Å². The Morgan fingerprint density at radius 3 is 3.00 bits per heavy atom. The number of guanidine groups is 1. The van der Waals surface area contributed by atoms with Crippen LogP contribution in [0.4, 0.5) is 0 Å². The van der Waals surface area contributed by atoms with Gasteiger partial charge >= 0.3 is 0 Å². The lowest BCUT2D eigenvalue weighted by Crippen LogP contribution is -2.40. The fraction of sp³-hybridized carbons (Fsp3) is 0.733. The fourth-order valence-corrected chi connectivity index (χ4v) is 2.76. The molecule has 1 aromatic heterocycles. The summed E-state index contributed by atoms with van der Waals surface area (Å²) in [5.74, 6) is 1.63. The van der Waals surface area contributed by atoms with Crippen molar-refractivity contribution in [1.82, 2.24) is 20.0 Å². The summed E-state index contributed by atoms with van der Waals surface area (Å²) < 4.78 is 7.23. The number of nitrogens with zero attached hydrogens (tertiary/aromatic N) is 4. The zero-order valence-corrected chi connectivity index (χ0v) is 16.1. The Balaban J connectivity index is 0.00000242. The smallest absolute Gasteiger partial charge is 0.193 e. The molecular weight excluding hydrogens is 393 g/mol. The van der Waals surface area contributed by atoms with Crippen LogP contribution in [0.25, 0.3) is 0 Å². The molecule has 6 nitrogen and oxygen atoms in total. The molecule has 1 fully saturated rings. The van der Waals surface area contributed by atoms with Crippen LogP contribution in [0, 0.1) is 12.8 Å². The minimum atomic E-state index is 0. The van der Waals surface area contributed by atoms with Gasteiger partial charge < -0.3 is 15.0 Å². The standard InChI is InChI=1S/C15H27N5O.HI/c1-13-9-18-20(10-13)7-4-6-17-15(16-2)19-8-5-14(11-19)12-21-3;/h9-10,14H,4-8,11-12H2,1-3H3,(H,16,17);1H. The molecule has 1 aliphatic heterocycles. The molecule has 1 aromatic rings. The molecule has 0 amide bonds. The van der Waals surface area contributed by atoms with Crippen molar-refractivity contribution < 1.29 is 4.74 Å². The normalized spacial score (nSPS) is 18.4. The zero-order chi connectivity index (χ0) is 15.1. The van der Waals surface area contributed by atoms with Crippen molar-refractivity contribution in [2.75, 3.05) is 40.4 Å². The van der Waals surface area contributed by atoms with Gasteiger partial charge in [-0.3, -0.25) is 9.67 Å². The minimum Gasteiger partial charge on any atom is -0.384 e. The number of hydrogen-bond acceptors (Lipinski definition) is 3. The van der Waals surface area contributed by atoms with E-state index in [0.717, 1.165) is 45.2 Å². The Labute approximate surface area is 150 Å². The topological polar surface area (TPSA) is 54.7 Å². The second-order valence-corrected chi connectivity index (χ2v) is 5.66. The lowest BCUT2D eigenvalue weighted by Gasteiger charge is -2.21. The van der Waals surface area contributed by atoms with E-state index < -0.39 is 0 Å². The fourth-order valence-electron chi connectivity index (χ4n) is 2.76. The summed E-state index contributed by atoms with van der Waals surface area (Å²) in [5.41, 5.74) is 1.21. The number of methoxy groups -OCH3 is 1. The van der Waals surface area contributed by atoms with E-state index in [-0.39, 0.29) is 24.0 Å². The molecule has 0 saturated carbocycles. The quantitative estimate of drug-likeness (QED) is 0.329. The van der Waals surface area contributed by atoms with Crippen molar-refractivity contribution in [3.8, 4) is 0 Å². The SMILES string of the molecule is CN=C(NCCCn1cc(C)cn1)N1CCC(COC)C1.I. The van der Waals surface area contributed by atoms with Crippen LogP contribution in [0.2, 0.25) is 0 Å². The van der Waals surface area contributed by atoms with Crippen molar-refractivity contribution in [3.05, 3.63) is 18.0 Å². The van der Waals surface area contributed by atoms with Crippen molar-refractivity contribution in [2.45, 2.75) is 26.3 Å². The van der Waals surface area contributed by atoms with Gasteiger partial charge in [0.1, 0.15) is 0 Å². The molecule has 0 aliphatic carbocycles. The van der Waals surface area contributed by atoms with Gasteiger partial charge in [-0.1, -0.05) is 0 Å². The van der Waals surface area contributed by atoms with Gasteiger partial charge in [0.2, 0.25) is 0 Å². The van der Waals surface area contributed by atoms with Crippen LogP contribution in [0.3, 0.4) is 0 Å². The molecule has 2 rings (SSSR count). The predicted molar refractivity (Wildman–Crippen MR) is 99.9 cm³/mol. The van der Waals surface area contributed by atoms with Gasteiger partial charge in [-0.15, -0.1) is 24.0 Å². The van der Waals surface area contributed by atoms with E-state index in [4.69, 9.17) is 4.74 Å². The van der Waals surface area contributed by atoms with E-state index in [1.165, 1.54) is 12.0 Å². The Morgan fingerprint density at radius 1 is 1.55 bits per heavy atom. The Hall–Kier alpha value is -0.830. The molecule has 0 spiro atoms. The Bertz CT molecular complexity index is 463. The highest BCUT2D eigenvalue weighted by atomic mass is 127. The summed E-state index contributed by atoms with van der Waals surface area (Å²) in [5, 5.41) is 7.74. The van der Waals surface area contributed by atoms with Crippen LogP contribution in [-0.4, -0.2) is 61.0 Å². The van der Waals surface area contributed by atoms with E-state index in [0.29, 0.717) is 5.92 Å².